The van der Waals surface area contributed by atoms with E-state index in [1.165, 1.54) is 25.9 Å². The zero-order chi connectivity index (χ0) is 16.4. The Hall–Kier alpha value is -0.910. The Morgan fingerprint density at radius 3 is 2.71 bits per heavy atom. The van der Waals surface area contributed by atoms with Gasteiger partial charge in [0, 0.05) is 19.0 Å². The van der Waals surface area contributed by atoms with Gasteiger partial charge in [0.05, 0.1) is 25.4 Å². The third-order valence-corrected chi connectivity index (χ3v) is 6.11. The summed E-state index contributed by atoms with van der Waals surface area (Å²) in [6.07, 6.45) is 11.0. The average molecular weight is 334 g/mol. The quantitative estimate of drug-likeness (QED) is 0.719. The maximum Gasteiger partial charge on any atom is 0.226 e. The Morgan fingerprint density at radius 2 is 1.92 bits per heavy atom. The van der Waals surface area contributed by atoms with Crippen molar-refractivity contribution in [2.75, 3.05) is 39.4 Å². The summed E-state index contributed by atoms with van der Waals surface area (Å²) in [7, 11) is 0. The van der Waals surface area contributed by atoms with Gasteiger partial charge in [-0.05, 0) is 51.6 Å². The van der Waals surface area contributed by atoms with Gasteiger partial charge in [-0.25, -0.2) is 0 Å². The van der Waals surface area contributed by atoms with Gasteiger partial charge in [-0.3, -0.25) is 4.79 Å². The van der Waals surface area contributed by atoms with Crippen molar-refractivity contribution in [3.8, 4) is 0 Å². The Morgan fingerprint density at radius 1 is 1.12 bits per heavy atom. The summed E-state index contributed by atoms with van der Waals surface area (Å²) in [6, 6.07) is 0.226. The molecule has 0 spiro atoms. The molecule has 0 aromatic carbocycles. The van der Waals surface area contributed by atoms with Crippen LogP contribution in [0.1, 0.15) is 38.5 Å². The minimum absolute atomic E-state index is 0.0793. The molecule has 2 heterocycles. The van der Waals surface area contributed by atoms with E-state index in [0.29, 0.717) is 12.5 Å². The molecule has 4 rings (SSSR count). The number of likely N-dealkylation sites (tertiary alicyclic amines) is 1. The fourth-order valence-corrected chi connectivity index (χ4v) is 4.76. The van der Waals surface area contributed by atoms with Gasteiger partial charge in [0.1, 0.15) is 6.10 Å². The molecule has 3 fully saturated rings. The number of nitrogens with zero attached hydrogens (tertiary/aromatic N) is 2. The predicted octanol–water partition coefficient (Wildman–Crippen LogP) is 1.82. The van der Waals surface area contributed by atoms with Crippen LogP contribution in [0.4, 0.5) is 0 Å². The van der Waals surface area contributed by atoms with Crippen LogP contribution in [0, 0.1) is 5.92 Å². The van der Waals surface area contributed by atoms with Gasteiger partial charge in [-0.2, -0.15) is 0 Å². The first-order chi connectivity index (χ1) is 11.8. The van der Waals surface area contributed by atoms with E-state index in [-0.39, 0.29) is 24.2 Å². The molecule has 0 bridgehead atoms. The van der Waals surface area contributed by atoms with Crippen LogP contribution >= 0.6 is 0 Å². The van der Waals surface area contributed by atoms with Gasteiger partial charge in [0.15, 0.2) is 0 Å². The Kier molecular flexibility index (Phi) is 5.20. The second-order valence-electron chi connectivity index (χ2n) is 7.61. The van der Waals surface area contributed by atoms with Crippen molar-refractivity contribution >= 4 is 5.91 Å². The Balaban J connectivity index is 1.29. The molecule has 24 heavy (non-hydrogen) atoms. The highest BCUT2D eigenvalue weighted by Gasteiger charge is 2.45. The summed E-state index contributed by atoms with van der Waals surface area (Å²) in [5.41, 5.74) is 0. The van der Waals surface area contributed by atoms with Crippen molar-refractivity contribution in [1.82, 2.24) is 9.80 Å². The van der Waals surface area contributed by atoms with E-state index in [1.807, 2.05) is 0 Å². The van der Waals surface area contributed by atoms with E-state index in [9.17, 15) is 4.79 Å². The maximum atomic E-state index is 12.8. The number of hydrogen-bond donors (Lipinski definition) is 0. The Labute approximate surface area is 145 Å². The molecule has 0 unspecified atom stereocenters. The van der Waals surface area contributed by atoms with Gasteiger partial charge in [-0.15, -0.1) is 0 Å². The van der Waals surface area contributed by atoms with Crippen LogP contribution in [0.5, 0.6) is 0 Å². The van der Waals surface area contributed by atoms with Crippen molar-refractivity contribution in [3.63, 3.8) is 0 Å². The van der Waals surface area contributed by atoms with Crippen molar-refractivity contribution < 1.29 is 14.3 Å². The largest absolute Gasteiger partial charge is 0.374 e. The van der Waals surface area contributed by atoms with Crippen LogP contribution < -0.4 is 0 Å². The topological polar surface area (TPSA) is 42.0 Å². The van der Waals surface area contributed by atoms with Crippen LogP contribution in [-0.4, -0.2) is 73.3 Å². The SMILES string of the molecule is O=C(C1CC=CC1)N1CCO[C@@H]2[C@@H](OCCN3CCCC3)CC[C@H]21. The van der Waals surface area contributed by atoms with Gasteiger partial charge in [0.2, 0.25) is 5.91 Å². The fraction of sp³-hybridized carbons (Fsp3) is 0.842. The smallest absolute Gasteiger partial charge is 0.226 e. The second-order valence-corrected chi connectivity index (χ2v) is 7.61. The summed E-state index contributed by atoms with van der Waals surface area (Å²) >= 11 is 0. The number of carbonyl (C=O) groups is 1. The summed E-state index contributed by atoms with van der Waals surface area (Å²) in [5.74, 6) is 0.495. The molecule has 2 saturated heterocycles. The van der Waals surface area contributed by atoms with E-state index in [0.717, 1.165) is 45.4 Å². The molecule has 0 N–H and O–H groups in total. The van der Waals surface area contributed by atoms with Gasteiger partial charge in [-0.1, -0.05) is 12.2 Å². The molecule has 3 atom stereocenters. The van der Waals surface area contributed by atoms with E-state index < -0.39 is 0 Å². The first kappa shape index (κ1) is 16.6. The van der Waals surface area contributed by atoms with E-state index in [4.69, 9.17) is 9.47 Å². The number of carbonyl (C=O) groups excluding carboxylic acids is 1. The molecular weight excluding hydrogens is 304 g/mol. The molecule has 2 aliphatic heterocycles. The summed E-state index contributed by atoms with van der Waals surface area (Å²) in [6.45, 7) is 5.65. The molecule has 134 valence electrons. The van der Waals surface area contributed by atoms with Crippen LogP contribution in [0.2, 0.25) is 0 Å². The van der Waals surface area contributed by atoms with Crippen LogP contribution in [0.3, 0.4) is 0 Å². The molecule has 0 radical (unpaired) electrons. The number of morpholine rings is 1. The monoisotopic (exact) mass is 334 g/mol. The standard InChI is InChI=1S/C19H30N2O3/c22-19(15-5-1-2-6-15)21-12-14-24-18-16(21)7-8-17(18)23-13-11-20-9-3-4-10-20/h1-2,15-18H,3-14H2/t16-,17+,18+/m1/s1. The van der Waals surface area contributed by atoms with Crippen LogP contribution in [-0.2, 0) is 14.3 Å². The lowest BCUT2D eigenvalue weighted by Crippen LogP contribution is -2.55. The highest BCUT2D eigenvalue weighted by Crippen LogP contribution is 2.34. The second kappa shape index (κ2) is 7.54. The lowest BCUT2D eigenvalue weighted by molar-refractivity contribution is -0.155. The first-order valence-corrected chi connectivity index (χ1v) is 9.74. The minimum atomic E-state index is 0.0793. The zero-order valence-electron chi connectivity index (χ0n) is 14.6. The lowest BCUT2D eigenvalue weighted by atomic mass is 10.0. The van der Waals surface area contributed by atoms with E-state index in [2.05, 4.69) is 22.0 Å². The van der Waals surface area contributed by atoms with Crippen molar-refractivity contribution in [2.45, 2.75) is 56.8 Å². The average Bonchev–Trinajstić information content (AvgIpc) is 3.36. The molecular formula is C19H30N2O3. The third-order valence-electron chi connectivity index (χ3n) is 6.11. The molecule has 0 aromatic heterocycles. The zero-order valence-corrected chi connectivity index (χ0v) is 14.6. The molecule has 1 saturated carbocycles. The normalized spacial score (nSPS) is 34.2. The number of ether oxygens (including phenoxy) is 2. The lowest BCUT2D eigenvalue weighted by Gasteiger charge is -2.40. The van der Waals surface area contributed by atoms with E-state index >= 15 is 0 Å². The maximum absolute atomic E-state index is 12.8. The van der Waals surface area contributed by atoms with Crippen molar-refractivity contribution in [2.24, 2.45) is 5.92 Å². The highest BCUT2D eigenvalue weighted by atomic mass is 16.5. The van der Waals surface area contributed by atoms with Crippen molar-refractivity contribution in [3.05, 3.63) is 12.2 Å². The van der Waals surface area contributed by atoms with Gasteiger partial charge >= 0.3 is 0 Å². The summed E-state index contributed by atoms with van der Waals surface area (Å²) in [5, 5.41) is 0. The molecule has 5 heteroatoms. The third kappa shape index (κ3) is 3.39. The van der Waals surface area contributed by atoms with Gasteiger partial charge in [0.25, 0.3) is 0 Å². The number of amides is 1. The minimum Gasteiger partial charge on any atom is -0.374 e. The molecule has 0 aromatic rings. The highest BCUT2D eigenvalue weighted by molar-refractivity contribution is 5.80. The Bertz CT molecular complexity index is 467. The molecule has 4 aliphatic rings. The van der Waals surface area contributed by atoms with E-state index in [1.54, 1.807) is 0 Å². The number of allylic oxidation sites excluding steroid dienone is 2. The number of hydrogen-bond acceptors (Lipinski definition) is 4. The van der Waals surface area contributed by atoms with Gasteiger partial charge < -0.3 is 19.3 Å². The van der Waals surface area contributed by atoms with Crippen LogP contribution in [0.25, 0.3) is 0 Å². The van der Waals surface area contributed by atoms with Crippen LogP contribution in [0.15, 0.2) is 12.2 Å². The number of fused-ring (bicyclic) bond motifs is 1. The first-order valence-electron chi connectivity index (χ1n) is 9.74. The summed E-state index contributed by atoms with van der Waals surface area (Å²) < 4.78 is 12.2. The molecule has 5 nitrogen and oxygen atoms in total. The predicted molar refractivity (Wildman–Crippen MR) is 91.8 cm³/mol. The van der Waals surface area contributed by atoms with Crippen molar-refractivity contribution in [1.29, 1.82) is 0 Å². The molecule has 2 aliphatic carbocycles. The number of rotatable bonds is 5. The fourth-order valence-electron chi connectivity index (χ4n) is 4.76. The summed E-state index contributed by atoms with van der Waals surface area (Å²) in [4.78, 5) is 17.4. The molecule has 1 amide bonds.